The van der Waals surface area contributed by atoms with E-state index >= 15 is 0 Å². The summed E-state index contributed by atoms with van der Waals surface area (Å²) in [6.45, 7) is 6.72. The minimum absolute atomic E-state index is 0.0139. The number of nitrogens with zero attached hydrogens (tertiary/aromatic N) is 2. The van der Waals surface area contributed by atoms with Crippen molar-refractivity contribution in [2.45, 2.75) is 52.6 Å². The molecule has 2 saturated carbocycles. The van der Waals surface area contributed by atoms with Crippen LogP contribution in [0.25, 0.3) is 5.70 Å². The quantitative estimate of drug-likeness (QED) is 0.598. The Kier molecular flexibility index (Phi) is 5.84. The van der Waals surface area contributed by atoms with Crippen LogP contribution >= 0.6 is 11.6 Å². The first-order valence-corrected chi connectivity index (χ1v) is 13.7. The van der Waals surface area contributed by atoms with Gasteiger partial charge in [0.05, 0.1) is 12.2 Å². The molecule has 8 heteroatoms. The maximum absolute atomic E-state index is 13.5. The van der Waals surface area contributed by atoms with Gasteiger partial charge in [0.15, 0.2) is 0 Å². The van der Waals surface area contributed by atoms with Crippen LogP contribution in [0.15, 0.2) is 65.1 Å². The summed E-state index contributed by atoms with van der Waals surface area (Å²) in [7, 11) is -4.15. The van der Waals surface area contributed by atoms with Crippen molar-refractivity contribution in [1.29, 1.82) is 0 Å². The highest BCUT2D eigenvalue weighted by Crippen LogP contribution is 2.62. The van der Waals surface area contributed by atoms with Gasteiger partial charge in [-0.25, -0.2) is 4.31 Å². The lowest BCUT2D eigenvalue weighted by Crippen LogP contribution is -2.54. The van der Waals surface area contributed by atoms with E-state index in [4.69, 9.17) is 11.6 Å². The minimum atomic E-state index is -4.15. The van der Waals surface area contributed by atoms with Gasteiger partial charge in [-0.05, 0) is 65.3 Å². The highest BCUT2D eigenvalue weighted by molar-refractivity contribution is 7.88. The molecule has 0 radical (unpaired) electrons. The van der Waals surface area contributed by atoms with E-state index in [9.17, 15) is 13.2 Å². The molecule has 1 N–H and O–H groups in total. The van der Waals surface area contributed by atoms with Crippen molar-refractivity contribution in [2.24, 2.45) is 21.1 Å². The standard InChI is InChI=1S/C27H30ClN3O3S/c1-26(2)20-13-14-27(3,16-20)25(26)29-24(32)22-15-23(19-9-11-21(28)12-10-19)31(35(33,34)30-22)17-18-7-5-4-6-8-18/h4-12,15,20,25H,13-14,16-17H2,1-3H3,(H,29,32)/t20-,25?,27-/m0/s1. The molecule has 2 aromatic carbocycles. The molecule has 0 spiro atoms. The van der Waals surface area contributed by atoms with Crippen LogP contribution in [-0.2, 0) is 21.5 Å². The molecule has 2 fully saturated rings. The number of benzene rings is 2. The third-order valence-electron chi connectivity index (χ3n) is 8.12. The van der Waals surface area contributed by atoms with Crippen LogP contribution in [0.2, 0.25) is 5.02 Å². The maximum atomic E-state index is 13.5. The highest BCUT2D eigenvalue weighted by Gasteiger charge is 2.59. The lowest BCUT2D eigenvalue weighted by atomic mass is 9.68. The van der Waals surface area contributed by atoms with E-state index in [0.29, 0.717) is 22.2 Å². The first-order valence-electron chi connectivity index (χ1n) is 11.9. The van der Waals surface area contributed by atoms with Gasteiger partial charge in [-0.15, -0.1) is 4.40 Å². The summed E-state index contributed by atoms with van der Waals surface area (Å²) < 4.78 is 32.0. The Bertz CT molecular complexity index is 1310. The molecule has 0 aromatic heterocycles. The Morgan fingerprint density at radius 1 is 1.11 bits per heavy atom. The summed E-state index contributed by atoms with van der Waals surface area (Å²) in [6, 6.07) is 16.2. The molecule has 2 aromatic rings. The van der Waals surface area contributed by atoms with E-state index in [2.05, 4.69) is 30.5 Å². The molecule has 1 unspecified atom stereocenters. The van der Waals surface area contributed by atoms with Crippen LogP contribution in [0.3, 0.4) is 0 Å². The number of hydrogen-bond acceptors (Lipinski definition) is 3. The molecule has 2 bridgehead atoms. The second-order valence-electron chi connectivity index (χ2n) is 10.8. The minimum Gasteiger partial charge on any atom is -0.347 e. The maximum Gasteiger partial charge on any atom is 0.345 e. The Morgan fingerprint density at radius 2 is 1.80 bits per heavy atom. The van der Waals surface area contributed by atoms with Gasteiger partial charge in [-0.2, -0.15) is 8.42 Å². The van der Waals surface area contributed by atoms with Crippen LogP contribution in [0.5, 0.6) is 0 Å². The number of carbonyl (C=O) groups is 1. The van der Waals surface area contributed by atoms with Crippen molar-refractivity contribution >= 4 is 39.1 Å². The highest BCUT2D eigenvalue weighted by atomic mass is 35.5. The van der Waals surface area contributed by atoms with Gasteiger partial charge < -0.3 is 5.32 Å². The number of hydrogen-bond donors (Lipinski definition) is 1. The zero-order chi connectivity index (χ0) is 25.0. The predicted molar refractivity (Wildman–Crippen MR) is 139 cm³/mol. The van der Waals surface area contributed by atoms with E-state index in [1.165, 1.54) is 10.7 Å². The summed E-state index contributed by atoms with van der Waals surface area (Å²) in [5.74, 6) is 0.0996. The SMILES string of the molecule is CC1(C)C(NC(=O)C2=NS(=O)(=O)N(Cc3ccccc3)C(c3ccc(Cl)cc3)=C2)[C@@]2(C)CC[C@H]1C2. The molecule has 184 valence electrons. The summed E-state index contributed by atoms with van der Waals surface area (Å²) >= 11 is 6.08. The van der Waals surface area contributed by atoms with Gasteiger partial charge in [0.2, 0.25) is 0 Å². The second kappa shape index (κ2) is 8.49. The fraction of sp³-hybridized carbons (Fsp3) is 0.407. The van der Waals surface area contributed by atoms with E-state index in [-0.39, 0.29) is 29.1 Å². The van der Waals surface area contributed by atoms with Gasteiger partial charge >= 0.3 is 10.2 Å². The predicted octanol–water partition coefficient (Wildman–Crippen LogP) is 5.21. The molecule has 6 nitrogen and oxygen atoms in total. The molecule has 0 saturated heterocycles. The van der Waals surface area contributed by atoms with Gasteiger partial charge in [0.25, 0.3) is 5.91 Å². The number of nitrogens with one attached hydrogen (secondary N) is 1. The van der Waals surface area contributed by atoms with Crippen molar-refractivity contribution in [3.05, 3.63) is 76.8 Å². The van der Waals surface area contributed by atoms with Crippen LogP contribution in [0, 0.1) is 16.7 Å². The Hall–Kier alpha value is -2.64. The average molecular weight is 512 g/mol. The third-order valence-corrected chi connectivity index (χ3v) is 9.68. The van der Waals surface area contributed by atoms with Gasteiger partial charge in [-0.3, -0.25) is 4.79 Å². The third kappa shape index (κ3) is 4.29. The first kappa shape index (κ1) is 24.1. The lowest BCUT2D eigenvalue weighted by Gasteiger charge is -2.43. The van der Waals surface area contributed by atoms with Crippen molar-refractivity contribution < 1.29 is 13.2 Å². The first-order chi connectivity index (χ1) is 16.5. The molecular weight excluding hydrogens is 482 g/mol. The van der Waals surface area contributed by atoms with Gasteiger partial charge in [-0.1, -0.05) is 74.8 Å². The Balaban J connectivity index is 1.51. The Morgan fingerprint density at radius 3 is 2.43 bits per heavy atom. The molecule has 1 aliphatic heterocycles. The van der Waals surface area contributed by atoms with Gasteiger partial charge in [0, 0.05) is 11.1 Å². The number of carbonyl (C=O) groups excluding carboxylic acids is 1. The summed E-state index contributed by atoms with van der Waals surface area (Å²) in [4.78, 5) is 13.5. The summed E-state index contributed by atoms with van der Waals surface area (Å²) in [5.41, 5.74) is 1.71. The van der Waals surface area contributed by atoms with E-state index < -0.39 is 16.1 Å². The van der Waals surface area contributed by atoms with Crippen molar-refractivity contribution in [1.82, 2.24) is 9.62 Å². The largest absolute Gasteiger partial charge is 0.347 e. The second-order valence-corrected chi connectivity index (χ2v) is 12.8. The molecule has 35 heavy (non-hydrogen) atoms. The molecule has 1 amide bonds. The monoisotopic (exact) mass is 511 g/mol. The van der Waals surface area contributed by atoms with E-state index in [1.807, 2.05) is 30.3 Å². The smallest absolute Gasteiger partial charge is 0.345 e. The van der Waals surface area contributed by atoms with Crippen LogP contribution in [0.1, 0.15) is 51.2 Å². The zero-order valence-electron chi connectivity index (χ0n) is 20.2. The van der Waals surface area contributed by atoms with Crippen LogP contribution < -0.4 is 5.32 Å². The molecule has 5 rings (SSSR count). The van der Waals surface area contributed by atoms with E-state index in [1.54, 1.807) is 30.3 Å². The Labute approximate surface area is 212 Å². The topological polar surface area (TPSA) is 78.8 Å². The summed E-state index contributed by atoms with van der Waals surface area (Å²) in [6.07, 6.45) is 4.88. The van der Waals surface area contributed by atoms with Crippen LogP contribution in [-0.4, -0.2) is 30.4 Å². The van der Waals surface area contributed by atoms with Gasteiger partial charge in [0.1, 0.15) is 5.71 Å². The van der Waals surface area contributed by atoms with Crippen molar-refractivity contribution in [3.63, 3.8) is 0 Å². The van der Waals surface area contributed by atoms with Crippen molar-refractivity contribution in [3.8, 4) is 0 Å². The van der Waals surface area contributed by atoms with Crippen molar-refractivity contribution in [2.75, 3.05) is 0 Å². The lowest BCUT2D eigenvalue weighted by molar-refractivity contribution is -0.117. The fourth-order valence-corrected chi connectivity index (χ4v) is 7.59. The normalized spacial score (nSPS) is 28.4. The molecule has 3 atom stereocenters. The molecule has 1 heterocycles. The number of amides is 1. The number of rotatable bonds is 5. The summed E-state index contributed by atoms with van der Waals surface area (Å²) in [5, 5.41) is 3.72. The number of fused-ring (bicyclic) bond motifs is 2. The molecule has 2 aliphatic carbocycles. The molecule has 3 aliphatic rings. The number of halogens is 1. The van der Waals surface area contributed by atoms with E-state index in [0.717, 1.165) is 18.4 Å². The molecular formula is C27H30ClN3O3S. The average Bonchev–Trinajstić information content (AvgIpc) is 3.30. The van der Waals surface area contributed by atoms with Crippen LogP contribution in [0.4, 0.5) is 0 Å². The zero-order valence-corrected chi connectivity index (χ0v) is 21.7. The fourth-order valence-electron chi connectivity index (χ4n) is 6.26.